The molecule has 1 aromatic heterocycles. The average Bonchev–Trinajstić information content (AvgIpc) is 2.82. The number of anilines is 1. The van der Waals surface area contributed by atoms with Gasteiger partial charge >= 0.3 is 0 Å². The van der Waals surface area contributed by atoms with E-state index in [9.17, 15) is 0 Å². The zero-order valence-electron chi connectivity index (χ0n) is 12.4. The predicted molar refractivity (Wildman–Crippen MR) is 85.7 cm³/mol. The molecule has 0 fully saturated rings. The molecular formula is C16H17N5. The lowest BCUT2D eigenvalue weighted by atomic mass is 10.3. The Morgan fingerprint density at radius 3 is 2.33 bits per heavy atom. The lowest BCUT2D eigenvalue weighted by Gasteiger charge is -2.11. The lowest BCUT2D eigenvalue weighted by Crippen LogP contribution is -2.07. The molecule has 0 radical (unpaired) electrons. The van der Waals surface area contributed by atoms with Crippen LogP contribution in [-0.2, 0) is 7.05 Å². The fourth-order valence-electron chi connectivity index (χ4n) is 2.14. The highest BCUT2D eigenvalue weighted by Gasteiger charge is 2.05. The van der Waals surface area contributed by atoms with Crippen molar-refractivity contribution in [1.82, 2.24) is 9.55 Å². The molecule has 0 aliphatic heterocycles. The summed E-state index contributed by atoms with van der Waals surface area (Å²) in [5.41, 5.74) is 3.93. The Labute approximate surface area is 123 Å². The first kappa shape index (κ1) is 13.3. The first-order chi connectivity index (χ1) is 10.1. The second kappa shape index (κ2) is 5.36. The molecule has 0 bridgehead atoms. The van der Waals surface area contributed by atoms with Crippen LogP contribution in [0.15, 0.2) is 58.8 Å². The van der Waals surface area contributed by atoms with Crippen molar-refractivity contribution in [2.24, 2.45) is 17.3 Å². The van der Waals surface area contributed by atoms with Crippen LogP contribution in [0.3, 0.4) is 0 Å². The van der Waals surface area contributed by atoms with Crippen LogP contribution in [0.1, 0.15) is 0 Å². The summed E-state index contributed by atoms with van der Waals surface area (Å²) in [6.07, 6.45) is 0. The molecule has 21 heavy (non-hydrogen) atoms. The van der Waals surface area contributed by atoms with E-state index in [0.29, 0.717) is 5.95 Å². The molecular weight excluding hydrogens is 262 g/mol. The number of benzene rings is 2. The number of nitrogens with zero attached hydrogens (tertiary/aromatic N) is 5. The fourth-order valence-corrected chi connectivity index (χ4v) is 2.14. The van der Waals surface area contributed by atoms with Gasteiger partial charge in [0.1, 0.15) is 0 Å². The smallest absolute Gasteiger partial charge is 0.250 e. The van der Waals surface area contributed by atoms with E-state index >= 15 is 0 Å². The Morgan fingerprint density at radius 2 is 1.67 bits per heavy atom. The molecule has 3 rings (SSSR count). The molecule has 0 saturated heterocycles. The van der Waals surface area contributed by atoms with Gasteiger partial charge in [-0.05, 0) is 36.4 Å². The van der Waals surface area contributed by atoms with E-state index in [2.05, 4.69) is 15.2 Å². The summed E-state index contributed by atoms with van der Waals surface area (Å²) in [7, 11) is 5.96. The van der Waals surface area contributed by atoms with Crippen LogP contribution in [0.4, 0.5) is 17.3 Å². The second-order valence-corrected chi connectivity index (χ2v) is 5.07. The number of aryl methyl sites for hydroxylation is 1. The van der Waals surface area contributed by atoms with Crippen LogP contribution in [0, 0.1) is 0 Å². The molecule has 5 heteroatoms. The molecule has 3 aromatic rings. The second-order valence-electron chi connectivity index (χ2n) is 5.07. The maximum Gasteiger partial charge on any atom is 0.250 e. The fraction of sp³-hybridized carbons (Fsp3) is 0.188. The zero-order chi connectivity index (χ0) is 14.8. The number of azo groups is 1. The number of fused-ring (bicyclic) bond motifs is 1. The van der Waals surface area contributed by atoms with Crippen molar-refractivity contribution in [2.75, 3.05) is 19.0 Å². The Balaban J connectivity index is 1.89. The molecule has 2 aromatic carbocycles. The van der Waals surface area contributed by atoms with Crippen LogP contribution in [0.5, 0.6) is 0 Å². The highest BCUT2D eigenvalue weighted by molar-refractivity contribution is 5.77. The van der Waals surface area contributed by atoms with E-state index in [0.717, 1.165) is 22.4 Å². The third kappa shape index (κ3) is 2.63. The summed E-state index contributed by atoms with van der Waals surface area (Å²) in [6.45, 7) is 0. The predicted octanol–water partition coefficient (Wildman–Crippen LogP) is 4.05. The first-order valence-corrected chi connectivity index (χ1v) is 6.76. The molecule has 0 amide bonds. The number of imidazole rings is 1. The minimum Gasteiger partial charge on any atom is -0.378 e. The molecule has 106 valence electrons. The normalized spacial score (nSPS) is 11.4. The first-order valence-electron chi connectivity index (χ1n) is 6.76. The summed E-state index contributed by atoms with van der Waals surface area (Å²) in [6, 6.07) is 15.9. The van der Waals surface area contributed by atoms with Crippen molar-refractivity contribution < 1.29 is 0 Å². The van der Waals surface area contributed by atoms with Gasteiger partial charge in [0.25, 0.3) is 0 Å². The minimum absolute atomic E-state index is 0.605. The summed E-state index contributed by atoms with van der Waals surface area (Å²) >= 11 is 0. The summed E-state index contributed by atoms with van der Waals surface area (Å²) in [4.78, 5) is 6.52. The van der Waals surface area contributed by atoms with E-state index in [-0.39, 0.29) is 0 Å². The average molecular weight is 279 g/mol. The molecule has 0 aliphatic rings. The summed E-state index contributed by atoms with van der Waals surface area (Å²) in [5, 5.41) is 8.51. The van der Waals surface area contributed by atoms with E-state index < -0.39 is 0 Å². The number of hydrogen-bond acceptors (Lipinski definition) is 4. The monoisotopic (exact) mass is 279 g/mol. The van der Waals surface area contributed by atoms with Crippen LogP contribution >= 0.6 is 0 Å². The van der Waals surface area contributed by atoms with Gasteiger partial charge in [-0.1, -0.05) is 12.1 Å². The number of rotatable bonds is 3. The van der Waals surface area contributed by atoms with Crippen molar-refractivity contribution in [1.29, 1.82) is 0 Å². The Kier molecular flexibility index (Phi) is 3.39. The number of para-hydroxylation sites is 2. The van der Waals surface area contributed by atoms with Crippen molar-refractivity contribution in [3.8, 4) is 0 Å². The molecule has 0 aliphatic carbocycles. The Hall–Kier alpha value is -2.69. The summed E-state index contributed by atoms with van der Waals surface area (Å²) in [5.74, 6) is 0.605. The van der Waals surface area contributed by atoms with Crippen LogP contribution in [0.2, 0.25) is 0 Å². The minimum atomic E-state index is 0.605. The van der Waals surface area contributed by atoms with E-state index in [1.54, 1.807) is 0 Å². The molecule has 0 saturated carbocycles. The van der Waals surface area contributed by atoms with Crippen molar-refractivity contribution in [2.45, 2.75) is 0 Å². The third-order valence-electron chi connectivity index (χ3n) is 3.38. The van der Waals surface area contributed by atoms with Gasteiger partial charge in [0, 0.05) is 26.8 Å². The van der Waals surface area contributed by atoms with Gasteiger partial charge in [-0.15, -0.1) is 10.2 Å². The van der Waals surface area contributed by atoms with Crippen LogP contribution < -0.4 is 4.90 Å². The topological polar surface area (TPSA) is 45.8 Å². The van der Waals surface area contributed by atoms with Gasteiger partial charge in [-0.25, -0.2) is 4.98 Å². The van der Waals surface area contributed by atoms with Gasteiger partial charge in [0.2, 0.25) is 5.95 Å². The van der Waals surface area contributed by atoms with Gasteiger partial charge < -0.3 is 9.47 Å². The number of aromatic nitrogens is 2. The van der Waals surface area contributed by atoms with E-state index in [4.69, 9.17) is 0 Å². The molecule has 0 N–H and O–H groups in total. The lowest BCUT2D eigenvalue weighted by molar-refractivity contribution is 0.921. The standard InChI is InChI=1S/C16H17N5/c1-20(2)13-10-8-12(9-11-13)18-19-16-17-14-6-4-5-7-15(14)21(16)3/h4-11H,1-3H3. The maximum absolute atomic E-state index is 4.47. The van der Waals surface area contributed by atoms with Crippen molar-refractivity contribution >= 4 is 28.4 Å². The molecule has 0 atom stereocenters. The quantitative estimate of drug-likeness (QED) is 0.679. The van der Waals surface area contributed by atoms with Crippen LogP contribution in [0.25, 0.3) is 11.0 Å². The molecule has 5 nitrogen and oxygen atoms in total. The SMILES string of the molecule is CN(C)c1ccc(N=Nc2nc3ccccc3n2C)cc1. The van der Waals surface area contributed by atoms with Crippen molar-refractivity contribution in [3.05, 3.63) is 48.5 Å². The third-order valence-corrected chi connectivity index (χ3v) is 3.38. The maximum atomic E-state index is 4.47. The largest absolute Gasteiger partial charge is 0.378 e. The Morgan fingerprint density at radius 1 is 0.952 bits per heavy atom. The summed E-state index contributed by atoms with van der Waals surface area (Å²) < 4.78 is 1.94. The molecule has 1 heterocycles. The van der Waals surface area contributed by atoms with Gasteiger partial charge in [-0.3, -0.25) is 0 Å². The van der Waals surface area contributed by atoms with Gasteiger partial charge in [0.05, 0.1) is 16.7 Å². The molecule has 0 spiro atoms. The van der Waals surface area contributed by atoms with E-state index in [1.165, 1.54) is 0 Å². The zero-order valence-corrected chi connectivity index (χ0v) is 12.4. The highest BCUT2D eigenvalue weighted by atomic mass is 15.3. The number of hydrogen-bond donors (Lipinski definition) is 0. The van der Waals surface area contributed by atoms with E-state index in [1.807, 2.05) is 79.1 Å². The van der Waals surface area contributed by atoms with Crippen LogP contribution in [-0.4, -0.2) is 23.6 Å². The molecule has 0 unspecified atom stereocenters. The Bertz CT molecular complexity index is 784. The van der Waals surface area contributed by atoms with Crippen molar-refractivity contribution in [3.63, 3.8) is 0 Å². The van der Waals surface area contributed by atoms with Gasteiger partial charge in [0.15, 0.2) is 0 Å². The highest BCUT2D eigenvalue weighted by Crippen LogP contribution is 2.23. The van der Waals surface area contributed by atoms with Gasteiger partial charge in [-0.2, -0.15) is 0 Å².